The summed E-state index contributed by atoms with van der Waals surface area (Å²) in [6.45, 7) is 6.07. The molecule has 4 rings (SSSR count). The summed E-state index contributed by atoms with van der Waals surface area (Å²) < 4.78 is 7.39. The van der Waals surface area contributed by atoms with Crippen molar-refractivity contribution in [3.05, 3.63) is 47.3 Å². The number of nitrogens with two attached hydrogens (primary N) is 1. The number of ether oxygens (including phenoxy) is 1. The van der Waals surface area contributed by atoms with E-state index in [1.165, 1.54) is 11.3 Å². The first-order valence-electron chi connectivity index (χ1n) is 9.68. The summed E-state index contributed by atoms with van der Waals surface area (Å²) >= 11 is 0. The van der Waals surface area contributed by atoms with Crippen LogP contribution < -0.4 is 16.0 Å². The maximum absolute atomic E-state index is 11.6. The zero-order valence-electron chi connectivity index (χ0n) is 15.6. The van der Waals surface area contributed by atoms with Crippen molar-refractivity contribution in [2.24, 2.45) is 11.7 Å². The molecule has 3 heterocycles. The van der Waals surface area contributed by atoms with Gasteiger partial charge in [0.1, 0.15) is 0 Å². The highest BCUT2D eigenvalue weighted by molar-refractivity contribution is 5.93. The van der Waals surface area contributed by atoms with Crippen molar-refractivity contribution in [3.63, 3.8) is 0 Å². The largest absolute Gasteiger partial charge is 0.378 e. The average Bonchev–Trinajstić information content (AvgIpc) is 3.13. The number of nitrogens with zero attached hydrogens (tertiary/aromatic N) is 3. The molecule has 0 spiro atoms. The van der Waals surface area contributed by atoms with Crippen molar-refractivity contribution in [1.29, 1.82) is 0 Å². The number of para-hydroxylation sites is 1. The molecule has 2 aliphatic heterocycles. The van der Waals surface area contributed by atoms with Crippen LogP contribution >= 0.6 is 0 Å². The molecule has 27 heavy (non-hydrogen) atoms. The quantitative estimate of drug-likeness (QED) is 0.798. The highest BCUT2D eigenvalue weighted by atomic mass is 16.5. The first-order chi connectivity index (χ1) is 13.2. The maximum atomic E-state index is 11.6. The van der Waals surface area contributed by atoms with Gasteiger partial charge in [-0.15, -0.1) is 0 Å². The molecule has 0 unspecified atom stereocenters. The van der Waals surface area contributed by atoms with Crippen LogP contribution in [0.4, 0.5) is 5.69 Å². The highest BCUT2D eigenvalue weighted by Gasteiger charge is 2.24. The summed E-state index contributed by atoms with van der Waals surface area (Å²) in [4.78, 5) is 14.0. The molecule has 0 saturated carbocycles. The van der Waals surface area contributed by atoms with Gasteiger partial charge in [0.05, 0.1) is 30.7 Å². The Morgan fingerprint density at radius 1 is 1.26 bits per heavy atom. The van der Waals surface area contributed by atoms with Crippen LogP contribution in [-0.4, -0.2) is 48.5 Å². The van der Waals surface area contributed by atoms with Crippen LogP contribution in [0.15, 0.2) is 30.5 Å². The van der Waals surface area contributed by atoms with Gasteiger partial charge >= 0.3 is 0 Å². The number of benzene rings is 1. The molecule has 0 aliphatic carbocycles. The van der Waals surface area contributed by atoms with E-state index in [1.54, 1.807) is 6.20 Å². The van der Waals surface area contributed by atoms with Gasteiger partial charge in [0, 0.05) is 31.9 Å². The molecule has 7 nitrogen and oxygen atoms in total. The standard InChI is InChI=1S/C20H27N5O2/c21-20(26)17-14-23-25-6-5-15(11-19(17)25)12-22-13-16-3-1-2-4-18(16)24-7-9-27-10-8-24/h1-4,14-15,22H,5-13H2,(H2,21,26)/t15-/m0/s1. The third kappa shape index (κ3) is 3.99. The number of primary amides is 1. The molecule has 2 aromatic rings. The Hall–Kier alpha value is -2.38. The summed E-state index contributed by atoms with van der Waals surface area (Å²) in [7, 11) is 0. The first-order valence-corrected chi connectivity index (χ1v) is 9.68. The lowest BCUT2D eigenvalue weighted by molar-refractivity contribution is 0.0998. The predicted octanol–water partition coefficient (Wildman–Crippen LogP) is 1.17. The van der Waals surface area contributed by atoms with Gasteiger partial charge in [0.15, 0.2) is 0 Å². The van der Waals surface area contributed by atoms with Gasteiger partial charge in [-0.2, -0.15) is 5.10 Å². The average molecular weight is 369 g/mol. The van der Waals surface area contributed by atoms with Crippen LogP contribution in [0.1, 0.15) is 28.0 Å². The van der Waals surface area contributed by atoms with Crippen LogP contribution in [0.25, 0.3) is 0 Å². The molecule has 7 heteroatoms. The number of amides is 1. The molecule has 1 aromatic carbocycles. The van der Waals surface area contributed by atoms with Crippen LogP contribution in [0, 0.1) is 5.92 Å². The van der Waals surface area contributed by atoms with Crippen molar-refractivity contribution < 1.29 is 9.53 Å². The number of carbonyl (C=O) groups excluding carboxylic acids is 1. The molecule has 144 valence electrons. The van der Waals surface area contributed by atoms with Crippen LogP contribution in [0.2, 0.25) is 0 Å². The molecular formula is C20H27N5O2. The maximum Gasteiger partial charge on any atom is 0.252 e. The van der Waals surface area contributed by atoms with E-state index in [2.05, 4.69) is 39.6 Å². The molecule has 1 aromatic heterocycles. The van der Waals surface area contributed by atoms with E-state index in [9.17, 15) is 4.79 Å². The molecule has 0 radical (unpaired) electrons. The van der Waals surface area contributed by atoms with Crippen LogP contribution in [0.5, 0.6) is 0 Å². The first kappa shape index (κ1) is 18.0. The fourth-order valence-corrected chi connectivity index (χ4v) is 4.06. The number of rotatable bonds is 6. The Bertz CT molecular complexity index is 797. The topological polar surface area (TPSA) is 85.4 Å². The number of aromatic nitrogens is 2. The third-order valence-electron chi connectivity index (χ3n) is 5.54. The van der Waals surface area contributed by atoms with Crippen molar-refractivity contribution in [1.82, 2.24) is 15.1 Å². The number of nitrogens with one attached hydrogen (secondary N) is 1. The van der Waals surface area contributed by atoms with E-state index < -0.39 is 0 Å². The minimum Gasteiger partial charge on any atom is -0.378 e. The summed E-state index contributed by atoms with van der Waals surface area (Å²) in [5.41, 5.74) is 9.63. The number of morpholine rings is 1. The smallest absolute Gasteiger partial charge is 0.252 e. The minimum absolute atomic E-state index is 0.385. The number of hydrogen-bond donors (Lipinski definition) is 2. The van der Waals surface area contributed by atoms with E-state index in [1.807, 2.05) is 4.68 Å². The Balaban J connectivity index is 1.35. The predicted molar refractivity (Wildman–Crippen MR) is 104 cm³/mol. The van der Waals surface area contributed by atoms with Gasteiger partial charge in [-0.25, -0.2) is 0 Å². The SMILES string of the molecule is NC(=O)c1cnn2c1C[C@@H](CNCc1ccccc1N1CCOCC1)CC2. The molecule has 1 atom stereocenters. The van der Waals surface area contributed by atoms with Crippen molar-refractivity contribution in [2.75, 3.05) is 37.7 Å². The second kappa shape index (κ2) is 8.10. The van der Waals surface area contributed by atoms with Crippen molar-refractivity contribution in [3.8, 4) is 0 Å². The monoisotopic (exact) mass is 369 g/mol. The summed E-state index contributed by atoms with van der Waals surface area (Å²) in [5.74, 6) is 0.104. The van der Waals surface area contributed by atoms with E-state index >= 15 is 0 Å². The minimum atomic E-state index is -0.385. The van der Waals surface area contributed by atoms with Crippen LogP contribution in [0.3, 0.4) is 0 Å². The summed E-state index contributed by atoms with van der Waals surface area (Å²) in [5, 5.41) is 7.90. The Labute approximate surface area is 159 Å². The molecule has 2 aliphatic rings. The number of hydrogen-bond acceptors (Lipinski definition) is 5. The van der Waals surface area contributed by atoms with Crippen LogP contribution in [-0.2, 0) is 24.2 Å². The van der Waals surface area contributed by atoms with Gasteiger partial charge in [-0.3, -0.25) is 9.48 Å². The number of fused-ring (bicyclic) bond motifs is 1. The molecule has 1 amide bonds. The number of anilines is 1. The molecule has 3 N–H and O–H groups in total. The molecular weight excluding hydrogens is 342 g/mol. The van der Waals surface area contributed by atoms with E-state index in [0.29, 0.717) is 11.5 Å². The fraction of sp³-hybridized carbons (Fsp3) is 0.500. The molecule has 1 saturated heterocycles. The zero-order valence-corrected chi connectivity index (χ0v) is 15.6. The summed E-state index contributed by atoms with van der Waals surface area (Å²) in [6, 6.07) is 8.58. The van der Waals surface area contributed by atoms with E-state index in [-0.39, 0.29) is 5.91 Å². The van der Waals surface area contributed by atoms with E-state index in [4.69, 9.17) is 10.5 Å². The van der Waals surface area contributed by atoms with Gasteiger partial charge < -0.3 is 20.7 Å². The number of aryl methyl sites for hydroxylation is 1. The van der Waals surface area contributed by atoms with Crippen molar-refractivity contribution in [2.45, 2.75) is 25.9 Å². The van der Waals surface area contributed by atoms with E-state index in [0.717, 1.165) is 64.5 Å². The lowest BCUT2D eigenvalue weighted by atomic mass is 9.94. The Morgan fingerprint density at radius 2 is 2.07 bits per heavy atom. The molecule has 1 fully saturated rings. The fourth-order valence-electron chi connectivity index (χ4n) is 4.06. The highest BCUT2D eigenvalue weighted by Crippen LogP contribution is 2.24. The second-order valence-corrected chi connectivity index (χ2v) is 7.31. The van der Waals surface area contributed by atoms with Gasteiger partial charge in [-0.05, 0) is 36.9 Å². The lowest BCUT2D eigenvalue weighted by Gasteiger charge is -2.31. The summed E-state index contributed by atoms with van der Waals surface area (Å²) in [6.07, 6.45) is 3.51. The molecule has 0 bridgehead atoms. The zero-order chi connectivity index (χ0) is 18.6. The number of carbonyl (C=O) groups is 1. The van der Waals surface area contributed by atoms with Gasteiger partial charge in [0.25, 0.3) is 5.91 Å². The normalized spacial score (nSPS) is 19.7. The van der Waals surface area contributed by atoms with Crippen molar-refractivity contribution >= 4 is 11.6 Å². The lowest BCUT2D eigenvalue weighted by Crippen LogP contribution is -2.37. The third-order valence-corrected chi connectivity index (χ3v) is 5.54. The van der Waals surface area contributed by atoms with Gasteiger partial charge in [-0.1, -0.05) is 18.2 Å². The second-order valence-electron chi connectivity index (χ2n) is 7.31. The Kier molecular flexibility index (Phi) is 5.40. The van der Waals surface area contributed by atoms with Gasteiger partial charge in [0.2, 0.25) is 0 Å². The Morgan fingerprint density at radius 3 is 2.89 bits per heavy atom.